The number of phenols is 1. The molecular formula is C14H20O. The zero-order valence-corrected chi connectivity index (χ0v) is 9.45. The normalized spacial score (nSPS) is 11.0. The number of allylic oxidation sites excluding steroid dienone is 1. The molecule has 1 aromatic carbocycles. The molecule has 0 amide bonds. The van der Waals surface area contributed by atoms with E-state index in [1.807, 2.05) is 12.1 Å². The van der Waals surface area contributed by atoms with E-state index in [1.54, 1.807) is 12.1 Å². The zero-order valence-electron chi connectivity index (χ0n) is 9.45. The number of hydrogen-bond donors (Lipinski definition) is 1. The third-order valence-corrected chi connectivity index (χ3v) is 2.40. The monoisotopic (exact) mass is 204 g/mol. The molecule has 0 bridgehead atoms. The van der Waals surface area contributed by atoms with E-state index in [0.717, 1.165) is 12.0 Å². The summed E-state index contributed by atoms with van der Waals surface area (Å²) >= 11 is 0. The van der Waals surface area contributed by atoms with Gasteiger partial charge in [-0.3, -0.25) is 0 Å². The first-order valence-corrected chi connectivity index (χ1v) is 5.78. The highest BCUT2D eigenvalue weighted by Crippen LogP contribution is 2.13. The Bertz CT molecular complexity index is 302. The maximum atomic E-state index is 9.25. The van der Waals surface area contributed by atoms with Gasteiger partial charge < -0.3 is 5.11 Å². The van der Waals surface area contributed by atoms with Crippen LogP contribution in [0.3, 0.4) is 0 Å². The molecule has 1 rings (SSSR count). The smallest absolute Gasteiger partial charge is 0.116 e. The number of aromatic hydroxyl groups is 1. The summed E-state index contributed by atoms with van der Waals surface area (Å²) in [7, 11) is 0. The van der Waals surface area contributed by atoms with E-state index in [-0.39, 0.29) is 0 Å². The van der Waals surface area contributed by atoms with Crippen LogP contribution in [0.1, 0.15) is 44.6 Å². The molecule has 0 heterocycles. The van der Waals surface area contributed by atoms with Gasteiger partial charge in [-0.15, -0.1) is 0 Å². The quantitative estimate of drug-likeness (QED) is 0.682. The van der Waals surface area contributed by atoms with Crippen molar-refractivity contribution in [2.45, 2.75) is 39.0 Å². The van der Waals surface area contributed by atoms with E-state index in [4.69, 9.17) is 0 Å². The Kier molecular flexibility index (Phi) is 5.60. The minimum atomic E-state index is 0.336. The van der Waals surface area contributed by atoms with Crippen molar-refractivity contribution in [2.24, 2.45) is 0 Å². The lowest BCUT2D eigenvalue weighted by Crippen LogP contribution is -1.74. The zero-order chi connectivity index (χ0) is 10.9. The predicted molar refractivity (Wildman–Crippen MR) is 65.9 cm³/mol. The molecule has 82 valence electrons. The highest BCUT2D eigenvalue weighted by Gasteiger charge is 1.89. The van der Waals surface area contributed by atoms with E-state index >= 15 is 0 Å². The Balaban J connectivity index is 2.26. The number of hydrogen-bond acceptors (Lipinski definition) is 1. The Morgan fingerprint density at radius 3 is 2.80 bits per heavy atom. The lowest BCUT2D eigenvalue weighted by Gasteiger charge is -1.96. The maximum Gasteiger partial charge on any atom is 0.116 e. The Hall–Kier alpha value is -1.24. The average molecular weight is 204 g/mol. The molecule has 0 saturated heterocycles. The molecule has 0 radical (unpaired) electrons. The van der Waals surface area contributed by atoms with Crippen molar-refractivity contribution in [3.05, 3.63) is 35.9 Å². The van der Waals surface area contributed by atoms with Gasteiger partial charge in [-0.1, -0.05) is 50.5 Å². The third kappa shape index (κ3) is 5.26. The molecule has 0 saturated carbocycles. The lowest BCUT2D eigenvalue weighted by molar-refractivity contribution is 0.475. The molecule has 0 fully saturated rings. The van der Waals surface area contributed by atoms with Crippen LogP contribution in [-0.2, 0) is 0 Å². The molecular weight excluding hydrogens is 184 g/mol. The van der Waals surface area contributed by atoms with Crippen LogP contribution in [0.5, 0.6) is 5.75 Å². The van der Waals surface area contributed by atoms with Gasteiger partial charge in [-0.25, -0.2) is 0 Å². The molecule has 1 aromatic rings. The van der Waals surface area contributed by atoms with E-state index in [9.17, 15) is 5.11 Å². The molecule has 0 atom stereocenters. The number of phenolic OH excluding ortho intramolecular Hbond substituents is 1. The number of benzene rings is 1. The molecule has 0 aromatic heterocycles. The summed E-state index contributed by atoms with van der Waals surface area (Å²) in [5.74, 6) is 0.336. The first-order chi connectivity index (χ1) is 7.33. The fourth-order valence-corrected chi connectivity index (χ4v) is 1.54. The predicted octanol–water partition coefficient (Wildman–Crippen LogP) is 4.38. The van der Waals surface area contributed by atoms with Gasteiger partial charge in [-0.2, -0.15) is 0 Å². The second kappa shape index (κ2) is 7.10. The fourth-order valence-electron chi connectivity index (χ4n) is 1.54. The van der Waals surface area contributed by atoms with Crippen LogP contribution < -0.4 is 0 Å². The van der Waals surface area contributed by atoms with E-state index in [2.05, 4.69) is 19.1 Å². The van der Waals surface area contributed by atoms with Gasteiger partial charge in [0.2, 0.25) is 0 Å². The average Bonchev–Trinajstić information content (AvgIpc) is 2.23. The van der Waals surface area contributed by atoms with Crippen LogP contribution in [0.25, 0.3) is 6.08 Å². The van der Waals surface area contributed by atoms with Crippen LogP contribution in [-0.4, -0.2) is 5.11 Å². The summed E-state index contributed by atoms with van der Waals surface area (Å²) in [6, 6.07) is 7.34. The summed E-state index contributed by atoms with van der Waals surface area (Å²) in [5, 5.41) is 9.25. The van der Waals surface area contributed by atoms with E-state index in [0.29, 0.717) is 5.75 Å². The van der Waals surface area contributed by atoms with E-state index in [1.165, 1.54) is 25.7 Å². The third-order valence-electron chi connectivity index (χ3n) is 2.40. The summed E-state index contributed by atoms with van der Waals surface area (Å²) in [4.78, 5) is 0. The molecule has 0 aliphatic rings. The lowest BCUT2D eigenvalue weighted by atomic mass is 10.1. The fraction of sp³-hybridized carbons (Fsp3) is 0.429. The van der Waals surface area contributed by atoms with Gasteiger partial charge in [0.15, 0.2) is 0 Å². The van der Waals surface area contributed by atoms with Crippen LogP contribution in [0.15, 0.2) is 30.3 Å². The van der Waals surface area contributed by atoms with Crippen molar-refractivity contribution < 1.29 is 5.11 Å². The van der Waals surface area contributed by atoms with Crippen LogP contribution >= 0.6 is 0 Å². The van der Waals surface area contributed by atoms with Crippen molar-refractivity contribution >= 4 is 6.08 Å². The van der Waals surface area contributed by atoms with Crippen molar-refractivity contribution in [1.29, 1.82) is 0 Å². The van der Waals surface area contributed by atoms with Crippen molar-refractivity contribution in [1.82, 2.24) is 0 Å². The summed E-state index contributed by atoms with van der Waals surface area (Å²) in [6.07, 6.45) is 10.6. The second-order valence-corrected chi connectivity index (χ2v) is 3.85. The minimum Gasteiger partial charge on any atom is -0.508 e. The summed E-state index contributed by atoms with van der Waals surface area (Å²) < 4.78 is 0. The van der Waals surface area contributed by atoms with Crippen molar-refractivity contribution in [3.8, 4) is 5.75 Å². The van der Waals surface area contributed by atoms with Gasteiger partial charge in [0.1, 0.15) is 5.75 Å². The van der Waals surface area contributed by atoms with Gasteiger partial charge in [0, 0.05) is 0 Å². The Labute approximate surface area is 92.5 Å². The Morgan fingerprint density at radius 1 is 1.20 bits per heavy atom. The van der Waals surface area contributed by atoms with Gasteiger partial charge in [0.25, 0.3) is 0 Å². The van der Waals surface area contributed by atoms with Gasteiger partial charge in [0.05, 0.1) is 0 Å². The van der Waals surface area contributed by atoms with Crippen molar-refractivity contribution in [2.75, 3.05) is 0 Å². The van der Waals surface area contributed by atoms with Gasteiger partial charge in [-0.05, 0) is 30.5 Å². The molecule has 0 spiro atoms. The standard InChI is InChI=1S/C14H20O/c1-2-3-4-5-6-7-9-13-10-8-11-14(15)12-13/h7-12,15H,2-6H2,1H3/b9-7+. The second-order valence-electron chi connectivity index (χ2n) is 3.85. The minimum absolute atomic E-state index is 0.336. The molecule has 1 nitrogen and oxygen atoms in total. The SMILES string of the molecule is CCCCCC/C=C/c1cccc(O)c1. The van der Waals surface area contributed by atoms with Crippen molar-refractivity contribution in [3.63, 3.8) is 0 Å². The molecule has 0 aliphatic heterocycles. The highest BCUT2D eigenvalue weighted by molar-refractivity contribution is 5.51. The molecule has 0 unspecified atom stereocenters. The summed E-state index contributed by atoms with van der Waals surface area (Å²) in [5.41, 5.74) is 1.07. The Morgan fingerprint density at radius 2 is 2.07 bits per heavy atom. The first-order valence-electron chi connectivity index (χ1n) is 5.78. The van der Waals surface area contributed by atoms with E-state index < -0.39 is 0 Å². The molecule has 1 heteroatoms. The van der Waals surface area contributed by atoms with Crippen LogP contribution in [0, 0.1) is 0 Å². The topological polar surface area (TPSA) is 20.2 Å². The molecule has 0 aliphatic carbocycles. The maximum absolute atomic E-state index is 9.25. The molecule has 15 heavy (non-hydrogen) atoms. The summed E-state index contributed by atoms with van der Waals surface area (Å²) in [6.45, 7) is 2.22. The number of unbranched alkanes of at least 4 members (excludes halogenated alkanes) is 4. The number of rotatable bonds is 6. The van der Waals surface area contributed by atoms with Gasteiger partial charge >= 0.3 is 0 Å². The van der Waals surface area contributed by atoms with Crippen LogP contribution in [0.4, 0.5) is 0 Å². The van der Waals surface area contributed by atoms with Crippen LogP contribution in [0.2, 0.25) is 0 Å². The first kappa shape index (κ1) is 11.8. The molecule has 1 N–H and O–H groups in total. The largest absolute Gasteiger partial charge is 0.508 e. The highest BCUT2D eigenvalue weighted by atomic mass is 16.3.